The van der Waals surface area contributed by atoms with Crippen molar-refractivity contribution in [2.45, 2.75) is 20.0 Å². The fourth-order valence-electron chi connectivity index (χ4n) is 3.25. The monoisotopic (exact) mass is 399 g/mol. The molecular weight excluding hydrogens is 374 g/mol. The molecule has 1 aliphatic rings. The molecule has 9 nitrogen and oxygen atoms in total. The van der Waals surface area contributed by atoms with Crippen molar-refractivity contribution in [2.75, 3.05) is 38.2 Å². The summed E-state index contributed by atoms with van der Waals surface area (Å²) in [6.07, 6.45) is 3.25. The highest BCUT2D eigenvalue weighted by Crippen LogP contribution is 2.34. The lowest BCUT2D eigenvalue weighted by atomic mass is 10.2. The van der Waals surface area contributed by atoms with Crippen molar-refractivity contribution in [3.05, 3.63) is 41.6 Å². The first kappa shape index (κ1) is 20.5. The average Bonchev–Trinajstić information content (AvgIpc) is 2.75. The Bertz CT molecular complexity index is 970. The van der Waals surface area contributed by atoms with Gasteiger partial charge in [0.25, 0.3) is 5.91 Å². The summed E-state index contributed by atoms with van der Waals surface area (Å²) in [7, 11) is 1.62. The van der Waals surface area contributed by atoms with Gasteiger partial charge in [-0.1, -0.05) is 0 Å². The van der Waals surface area contributed by atoms with Crippen LogP contribution in [0.25, 0.3) is 0 Å². The molecule has 0 saturated carbocycles. The number of pyridine rings is 2. The fourth-order valence-corrected chi connectivity index (χ4v) is 3.25. The maximum Gasteiger partial charge on any atom is 0.255 e. The van der Waals surface area contributed by atoms with E-state index in [4.69, 9.17) is 4.74 Å². The highest BCUT2D eigenvalue weighted by molar-refractivity contribution is 5.95. The number of hydrogen-bond acceptors (Lipinski definition) is 7. The Kier molecular flexibility index (Phi) is 6.28. The van der Waals surface area contributed by atoms with Crippen LogP contribution in [0.5, 0.6) is 5.75 Å². The molecule has 0 bridgehead atoms. The minimum Gasteiger partial charge on any atom is -0.488 e. The van der Waals surface area contributed by atoms with Crippen LogP contribution < -0.4 is 15.1 Å². The van der Waals surface area contributed by atoms with Crippen LogP contribution in [0.4, 0.5) is 11.5 Å². The number of anilines is 2. The molecule has 9 heteroatoms. The van der Waals surface area contributed by atoms with Crippen LogP contribution >= 0.6 is 0 Å². The van der Waals surface area contributed by atoms with Crippen molar-refractivity contribution in [2.24, 2.45) is 4.99 Å². The predicted molar refractivity (Wildman–Crippen MR) is 108 cm³/mol. The molecule has 1 N–H and O–H groups in total. The molecule has 0 saturated heterocycles. The molecule has 3 heterocycles. The zero-order valence-corrected chi connectivity index (χ0v) is 16.8. The molecule has 1 aliphatic heterocycles. The van der Waals surface area contributed by atoms with Gasteiger partial charge >= 0.3 is 0 Å². The van der Waals surface area contributed by atoms with E-state index in [1.807, 2.05) is 11.8 Å². The van der Waals surface area contributed by atoms with E-state index in [2.05, 4.69) is 9.98 Å². The number of amides is 1. The Balaban J connectivity index is 1.94. The van der Waals surface area contributed by atoms with Gasteiger partial charge in [-0.25, -0.2) is 4.98 Å². The van der Waals surface area contributed by atoms with Crippen LogP contribution in [0.3, 0.4) is 0 Å². The molecule has 1 atom stereocenters. The van der Waals surface area contributed by atoms with Gasteiger partial charge < -0.3 is 19.6 Å². The molecule has 0 spiro atoms. The summed E-state index contributed by atoms with van der Waals surface area (Å²) in [5, 5.41) is 9.61. The van der Waals surface area contributed by atoms with E-state index in [0.717, 1.165) is 5.69 Å². The lowest BCUT2D eigenvalue weighted by molar-refractivity contribution is 0.0659. The fraction of sp³-hybridized carbons (Fsp3) is 0.400. The number of hydrogen-bond donors (Lipinski definition) is 1. The first-order valence-electron chi connectivity index (χ1n) is 9.46. The first-order chi connectivity index (χ1) is 14.0. The third-order valence-electron chi connectivity index (χ3n) is 4.66. The molecule has 2 aromatic heterocycles. The van der Waals surface area contributed by atoms with Crippen molar-refractivity contribution in [3.63, 3.8) is 0 Å². The van der Waals surface area contributed by atoms with Crippen LogP contribution in [-0.4, -0.2) is 71.3 Å². The SMILES string of the molecule is CCN(CC(C)O)C(=O)c1cnc2c(c1)OCCN2c1ccn(C=O)c(=NC)c1. The Morgan fingerprint density at radius 1 is 1.48 bits per heavy atom. The smallest absolute Gasteiger partial charge is 0.255 e. The van der Waals surface area contributed by atoms with Gasteiger partial charge in [0.05, 0.1) is 18.2 Å². The van der Waals surface area contributed by atoms with Crippen molar-refractivity contribution in [1.29, 1.82) is 0 Å². The second-order valence-corrected chi connectivity index (χ2v) is 6.72. The van der Waals surface area contributed by atoms with Gasteiger partial charge in [-0.2, -0.15) is 0 Å². The van der Waals surface area contributed by atoms with Crippen molar-refractivity contribution in [1.82, 2.24) is 14.5 Å². The maximum absolute atomic E-state index is 12.8. The maximum atomic E-state index is 12.8. The number of aliphatic hydroxyl groups excluding tert-OH is 1. The summed E-state index contributed by atoms with van der Waals surface area (Å²) in [6.45, 7) is 5.25. The van der Waals surface area contributed by atoms with Crippen LogP contribution in [0.1, 0.15) is 24.2 Å². The highest BCUT2D eigenvalue weighted by atomic mass is 16.5. The van der Waals surface area contributed by atoms with Crippen LogP contribution in [0, 0.1) is 0 Å². The zero-order chi connectivity index (χ0) is 21.0. The summed E-state index contributed by atoms with van der Waals surface area (Å²) in [5.41, 5.74) is 1.75. The molecule has 1 unspecified atom stereocenters. The van der Waals surface area contributed by atoms with E-state index in [1.165, 1.54) is 10.8 Å². The van der Waals surface area contributed by atoms with Gasteiger partial charge in [-0.05, 0) is 26.0 Å². The quantitative estimate of drug-likeness (QED) is 0.722. The third-order valence-corrected chi connectivity index (χ3v) is 4.66. The molecule has 0 aromatic carbocycles. The summed E-state index contributed by atoms with van der Waals surface area (Å²) in [6, 6.07) is 5.28. The average molecular weight is 399 g/mol. The number of carbonyl (C=O) groups excluding carboxylic acids is 2. The van der Waals surface area contributed by atoms with Gasteiger partial charge in [-0.15, -0.1) is 0 Å². The van der Waals surface area contributed by atoms with Gasteiger partial charge in [0.1, 0.15) is 12.1 Å². The lowest BCUT2D eigenvalue weighted by Crippen LogP contribution is -2.37. The van der Waals surface area contributed by atoms with Crippen molar-refractivity contribution < 1.29 is 19.4 Å². The van der Waals surface area contributed by atoms with E-state index in [0.29, 0.717) is 48.7 Å². The number of ether oxygens (including phenoxy) is 1. The van der Waals surface area contributed by atoms with Crippen LogP contribution in [0.2, 0.25) is 0 Å². The van der Waals surface area contributed by atoms with E-state index in [9.17, 15) is 14.7 Å². The Hall–Kier alpha value is -3.20. The molecule has 2 aromatic rings. The lowest BCUT2D eigenvalue weighted by Gasteiger charge is -2.30. The molecule has 0 aliphatic carbocycles. The van der Waals surface area contributed by atoms with E-state index in [-0.39, 0.29) is 12.5 Å². The number of fused-ring (bicyclic) bond motifs is 1. The van der Waals surface area contributed by atoms with Gasteiger partial charge in [0.2, 0.25) is 6.41 Å². The zero-order valence-electron chi connectivity index (χ0n) is 16.8. The standard InChI is InChI=1S/C20H25N5O4/c1-4-23(12-14(2)27)20(28)15-9-17-19(22-11-15)25(7-8-29-17)16-5-6-24(13-26)18(10-16)21-3/h5-6,9-11,13-14,27H,4,7-8,12H2,1-3H3. The van der Waals surface area contributed by atoms with Crippen molar-refractivity contribution in [3.8, 4) is 5.75 Å². The van der Waals surface area contributed by atoms with Gasteiger partial charge in [0.15, 0.2) is 11.6 Å². The molecule has 0 fully saturated rings. The number of aliphatic hydroxyl groups is 1. The van der Waals surface area contributed by atoms with E-state index in [1.54, 1.807) is 43.3 Å². The number of carbonyl (C=O) groups is 2. The molecule has 154 valence electrons. The van der Waals surface area contributed by atoms with E-state index >= 15 is 0 Å². The number of rotatable bonds is 6. The summed E-state index contributed by atoms with van der Waals surface area (Å²) >= 11 is 0. The van der Waals surface area contributed by atoms with Crippen LogP contribution in [-0.2, 0) is 4.79 Å². The minimum atomic E-state index is -0.610. The topological polar surface area (TPSA) is 100 Å². The molecular formula is C20H25N5O4. The van der Waals surface area contributed by atoms with Crippen LogP contribution in [0.15, 0.2) is 35.6 Å². The summed E-state index contributed by atoms with van der Waals surface area (Å²) in [4.78, 5) is 36.0. The number of likely N-dealkylation sites (N-methyl/N-ethyl adjacent to an activating group) is 1. The third kappa shape index (κ3) is 4.29. The number of aromatic nitrogens is 2. The first-order valence-corrected chi connectivity index (χ1v) is 9.46. The van der Waals surface area contributed by atoms with Crippen molar-refractivity contribution >= 4 is 23.8 Å². The van der Waals surface area contributed by atoms with Gasteiger partial charge in [-0.3, -0.25) is 19.1 Å². The second-order valence-electron chi connectivity index (χ2n) is 6.72. The highest BCUT2D eigenvalue weighted by Gasteiger charge is 2.24. The molecule has 29 heavy (non-hydrogen) atoms. The molecule has 3 rings (SSSR count). The predicted octanol–water partition coefficient (Wildman–Crippen LogP) is 0.825. The summed E-state index contributed by atoms with van der Waals surface area (Å²) in [5.74, 6) is 0.901. The number of nitrogens with zero attached hydrogens (tertiary/aromatic N) is 5. The van der Waals surface area contributed by atoms with E-state index < -0.39 is 6.10 Å². The normalized spacial score (nSPS) is 14.8. The Morgan fingerprint density at radius 2 is 2.28 bits per heavy atom. The second kappa shape index (κ2) is 8.87. The largest absolute Gasteiger partial charge is 0.488 e. The molecule has 1 amide bonds. The Labute approximate surface area is 168 Å². The molecule has 0 radical (unpaired) electrons. The minimum absolute atomic E-state index is 0.205. The Morgan fingerprint density at radius 3 is 2.93 bits per heavy atom. The van der Waals surface area contributed by atoms with Gasteiger partial charge in [0, 0.05) is 44.3 Å². The summed E-state index contributed by atoms with van der Waals surface area (Å²) < 4.78 is 7.14.